The van der Waals surface area contributed by atoms with Crippen LogP contribution in [0.15, 0.2) is 29.3 Å². The number of ether oxygens (including phenoxy) is 1. The largest absolute Gasteiger partial charge is 0.411 e. The smallest absolute Gasteiger partial charge is 0.391 e. The Morgan fingerprint density at radius 2 is 1.96 bits per heavy atom. The molecule has 1 aromatic rings. The van der Waals surface area contributed by atoms with Gasteiger partial charge in [-0.05, 0) is 24.5 Å². The number of aliphatic hydroxyl groups excluding tert-OH is 1. The molecule has 1 atom stereocenters. The van der Waals surface area contributed by atoms with Crippen molar-refractivity contribution in [2.24, 2.45) is 4.99 Å². The Morgan fingerprint density at radius 3 is 2.50 bits per heavy atom. The summed E-state index contributed by atoms with van der Waals surface area (Å²) in [5.41, 5.74) is 1.64. The predicted molar refractivity (Wildman–Crippen MR) is 105 cm³/mol. The lowest BCUT2D eigenvalue weighted by atomic mass is 10.1. The number of hydrogen-bond acceptors (Lipinski definition) is 3. The molecule has 0 unspecified atom stereocenters. The summed E-state index contributed by atoms with van der Waals surface area (Å²) >= 11 is 0. The van der Waals surface area contributed by atoms with Gasteiger partial charge in [0.1, 0.15) is 6.61 Å². The minimum atomic E-state index is -4.31. The van der Waals surface area contributed by atoms with E-state index in [1.807, 2.05) is 24.0 Å². The first-order valence-electron chi connectivity index (χ1n) is 8.31. The molecule has 148 valence electrons. The second kappa shape index (κ2) is 10.9. The fourth-order valence-corrected chi connectivity index (χ4v) is 2.55. The minimum absolute atomic E-state index is 0. The highest BCUT2D eigenvalue weighted by Gasteiger charge is 2.27. The van der Waals surface area contributed by atoms with Crippen molar-refractivity contribution in [3.05, 3.63) is 35.4 Å². The van der Waals surface area contributed by atoms with Crippen LogP contribution in [0.1, 0.15) is 24.5 Å². The number of nitrogens with one attached hydrogen (secondary N) is 1. The van der Waals surface area contributed by atoms with Crippen molar-refractivity contribution >= 4 is 29.9 Å². The second-order valence-electron chi connectivity index (χ2n) is 5.98. The van der Waals surface area contributed by atoms with E-state index < -0.39 is 12.8 Å². The van der Waals surface area contributed by atoms with Gasteiger partial charge in [-0.2, -0.15) is 13.2 Å². The summed E-state index contributed by atoms with van der Waals surface area (Å²) in [6.45, 7) is 3.20. The van der Waals surface area contributed by atoms with Crippen LogP contribution in [0.2, 0.25) is 0 Å². The van der Waals surface area contributed by atoms with Crippen LogP contribution in [-0.4, -0.2) is 54.5 Å². The Bertz CT molecular complexity index is 567. The molecule has 0 spiro atoms. The number of hydrogen-bond donors (Lipinski definition) is 2. The van der Waals surface area contributed by atoms with E-state index in [4.69, 9.17) is 0 Å². The minimum Gasteiger partial charge on any atom is -0.391 e. The van der Waals surface area contributed by atoms with Crippen LogP contribution < -0.4 is 5.32 Å². The first kappa shape index (κ1) is 23.0. The van der Waals surface area contributed by atoms with Crippen molar-refractivity contribution in [1.29, 1.82) is 0 Å². The molecule has 0 amide bonds. The number of rotatable bonds is 6. The summed E-state index contributed by atoms with van der Waals surface area (Å²) in [5.74, 6) is 0.761. The van der Waals surface area contributed by atoms with Gasteiger partial charge in [0.2, 0.25) is 0 Å². The fraction of sp³-hybridized carbons (Fsp3) is 0.588. The van der Waals surface area contributed by atoms with Gasteiger partial charge in [-0.3, -0.25) is 0 Å². The molecule has 0 radical (unpaired) electrons. The highest BCUT2D eigenvalue weighted by Crippen LogP contribution is 2.16. The van der Waals surface area contributed by atoms with Crippen molar-refractivity contribution in [2.75, 3.05) is 26.2 Å². The number of alkyl halides is 3. The van der Waals surface area contributed by atoms with E-state index >= 15 is 0 Å². The maximum Gasteiger partial charge on any atom is 0.411 e. The van der Waals surface area contributed by atoms with E-state index in [2.05, 4.69) is 15.0 Å². The molecule has 0 saturated carbocycles. The van der Waals surface area contributed by atoms with Gasteiger partial charge in [-0.25, -0.2) is 4.99 Å². The highest BCUT2D eigenvalue weighted by atomic mass is 127. The fourth-order valence-electron chi connectivity index (χ4n) is 2.55. The molecule has 2 rings (SSSR count). The topological polar surface area (TPSA) is 57.1 Å². The number of benzene rings is 1. The van der Waals surface area contributed by atoms with Gasteiger partial charge in [0.25, 0.3) is 0 Å². The molecule has 26 heavy (non-hydrogen) atoms. The van der Waals surface area contributed by atoms with E-state index in [9.17, 15) is 18.3 Å². The molecule has 0 bridgehead atoms. The van der Waals surface area contributed by atoms with Gasteiger partial charge < -0.3 is 20.1 Å². The van der Waals surface area contributed by atoms with Gasteiger partial charge in [0.15, 0.2) is 5.96 Å². The third kappa shape index (κ3) is 8.09. The van der Waals surface area contributed by atoms with Gasteiger partial charge >= 0.3 is 6.18 Å². The Balaban J connectivity index is 0.00000338. The Morgan fingerprint density at radius 1 is 1.31 bits per heavy atom. The van der Waals surface area contributed by atoms with Gasteiger partial charge in [-0.15, -0.1) is 24.0 Å². The van der Waals surface area contributed by atoms with Gasteiger partial charge in [-0.1, -0.05) is 24.3 Å². The first-order valence-corrected chi connectivity index (χ1v) is 8.31. The second-order valence-corrected chi connectivity index (χ2v) is 5.98. The van der Waals surface area contributed by atoms with Crippen LogP contribution in [0, 0.1) is 0 Å². The van der Waals surface area contributed by atoms with E-state index in [0.717, 1.165) is 31.0 Å². The number of aliphatic hydroxyl groups is 1. The normalized spacial score (nSPS) is 18.0. The summed E-state index contributed by atoms with van der Waals surface area (Å²) in [6.07, 6.45) is -3.89. The Kier molecular flexibility index (Phi) is 9.66. The molecule has 1 heterocycles. The van der Waals surface area contributed by atoms with E-state index in [1.165, 1.54) is 0 Å². The third-order valence-corrected chi connectivity index (χ3v) is 3.77. The van der Waals surface area contributed by atoms with E-state index in [1.54, 1.807) is 12.1 Å². The summed E-state index contributed by atoms with van der Waals surface area (Å²) in [4.78, 5) is 6.59. The average molecular weight is 487 g/mol. The number of nitrogens with zero attached hydrogens (tertiary/aromatic N) is 2. The SMILES string of the molecule is CCNC(=NCc1ccc(COCC(F)(F)F)cc1)N1CC[C@@H](O)C1.I. The molecule has 1 saturated heterocycles. The maximum atomic E-state index is 12.0. The molecule has 1 aliphatic rings. The van der Waals surface area contributed by atoms with Crippen molar-refractivity contribution in [3.63, 3.8) is 0 Å². The van der Waals surface area contributed by atoms with Crippen LogP contribution in [0.3, 0.4) is 0 Å². The molecule has 1 aromatic carbocycles. The molecule has 1 fully saturated rings. The van der Waals surface area contributed by atoms with E-state index in [0.29, 0.717) is 18.7 Å². The monoisotopic (exact) mass is 487 g/mol. The van der Waals surface area contributed by atoms with Crippen LogP contribution in [-0.2, 0) is 17.9 Å². The first-order chi connectivity index (χ1) is 11.9. The standard InChI is InChI=1S/C17H24F3N3O2.HI/c1-2-21-16(23-8-7-15(24)10-23)22-9-13-3-5-14(6-4-13)11-25-12-17(18,19)20;/h3-6,15,24H,2,7-12H2,1H3,(H,21,22);1H/t15-;/m1./s1. The van der Waals surface area contributed by atoms with Crippen molar-refractivity contribution in [3.8, 4) is 0 Å². The lowest BCUT2D eigenvalue weighted by Crippen LogP contribution is -2.40. The zero-order valence-corrected chi connectivity index (χ0v) is 17.0. The third-order valence-electron chi connectivity index (χ3n) is 3.77. The molecular weight excluding hydrogens is 462 g/mol. The van der Waals surface area contributed by atoms with Crippen LogP contribution in [0.25, 0.3) is 0 Å². The quantitative estimate of drug-likeness (QED) is 0.368. The van der Waals surface area contributed by atoms with Crippen LogP contribution in [0.5, 0.6) is 0 Å². The molecule has 9 heteroatoms. The average Bonchev–Trinajstić information content (AvgIpc) is 2.98. The molecule has 5 nitrogen and oxygen atoms in total. The summed E-state index contributed by atoms with van der Waals surface area (Å²) in [5, 5.41) is 12.9. The zero-order chi connectivity index (χ0) is 18.3. The number of guanidine groups is 1. The predicted octanol–water partition coefficient (Wildman–Crippen LogP) is 2.92. The summed E-state index contributed by atoms with van der Waals surface area (Å²) < 4.78 is 40.8. The van der Waals surface area contributed by atoms with Crippen molar-refractivity contribution < 1.29 is 23.0 Å². The van der Waals surface area contributed by atoms with Gasteiger partial charge in [0.05, 0.1) is 19.3 Å². The maximum absolute atomic E-state index is 12.0. The number of halogens is 4. The number of β-amino-alcohol motifs (C(OH)–C–C–N with tert-alkyl or cyclic N) is 1. The van der Waals surface area contributed by atoms with Crippen molar-refractivity contribution in [1.82, 2.24) is 10.2 Å². The van der Waals surface area contributed by atoms with E-state index in [-0.39, 0.29) is 36.7 Å². The van der Waals surface area contributed by atoms with Crippen LogP contribution in [0.4, 0.5) is 13.2 Å². The zero-order valence-electron chi connectivity index (χ0n) is 14.6. The van der Waals surface area contributed by atoms with Gasteiger partial charge in [0, 0.05) is 19.6 Å². The summed E-state index contributed by atoms with van der Waals surface area (Å²) in [6, 6.07) is 7.15. The molecular formula is C17H25F3IN3O2. The number of likely N-dealkylation sites (tertiary alicyclic amines) is 1. The summed E-state index contributed by atoms with van der Waals surface area (Å²) in [7, 11) is 0. The highest BCUT2D eigenvalue weighted by molar-refractivity contribution is 14.0. The molecule has 0 aliphatic carbocycles. The lowest BCUT2D eigenvalue weighted by molar-refractivity contribution is -0.176. The molecule has 1 aliphatic heterocycles. The van der Waals surface area contributed by atoms with Crippen molar-refractivity contribution in [2.45, 2.75) is 38.8 Å². The number of aliphatic imine (C=N–C) groups is 1. The Hall–Kier alpha value is -1.07. The molecule has 2 N–H and O–H groups in total. The van der Waals surface area contributed by atoms with Crippen LogP contribution >= 0.6 is 24.0 Å². The lowest BCUT2D eigenvalue weighted by Gasteiger charge is -2.20. The Labute approximate surface area is 168 Å². The molecule has 0 aromatic heterocycles.